The molecule has 0 spiro atoms. The van der Waals surface area contributed by atoms with Crippen LogP contribution in [0.25, 0.3) is 33.4 Å². The topological polar surface area (TPSA) is 309 Å². The van der Waals surface area contributed by atoms with E-state index in [0.717, 1.165) is 82.7 Å². The quantitative estimate of drug-likeness (QED) is 0.127. The zero-order chi connectivity index (χ0) is 64.5. The smallest absolute Gasteiger partial charge is 0.242 e. The molecule has 1 saturated heterocycles. The number of pyridine rings is 3. The number of rotatable bonds is 0. The largest absolute Gasteiger partial charge is 0.486 e. The molecule has 6 N–H and O–H groups in total. The van der Waals surface area contributed by atoms with E-state index in [1.54, 1.807) is 49.5 Å². The molecule has 9 atom stereocenters. The molecule has 3 fully saturated rings. The maximum Gasteiger partial charge on any atom is 0.242 e. The minimum absolute atomic E-state index is 0.0916. The van der Waals surface area contributed by atoms with Crippen LogP contribution in [0.5, 0.6) is 40.5 Å². The van der Waals surface area contributed by atoms with Crippen molar-refractivity contribution in [3.05, 3.63) is 153 Å². The van der Waals surface area contributed by atoms with Crippen molar-refractivity contribution < 1.29 is 33.2 Å². The van der Waals surface area contributed by atoms with Gasteiger partial charge in [0.25, 0.3) is 0 Å². The second kappa shape index (κ2) is 23.8. The van der Waals surface area contributed by atoms with Gasteiger partial charge < -0.3 is 50.4 Å². The first kappa shape index (κ1) is 60.1. The number of hydrogen-bond donors (Lipinski definition) is 3. The number of nitrogen functional groups attached to an aromatic ring is 3. The lowest BCUT2D eigenvalue weighted by atomic mass is 9.83. The summed E-state index contributed by atoms with van der Waals surface area (Å²) in [7, 11) is 7.38. The summed E-state index contributed by atoms with van der Waals surface area (Å²) < 4.78 is 48.4. The van der Waals surface area contributed by atoms with E-state index in [2.05, 4.69) is 92.6 Å². The van der Waals surface area contributed by atoms with Gasteiger partial charge in [-0.1, -0.05) is 47.0 Å². The number of anilines is 3. The average Bonchev–Trinajstić information content (AvgIpc) is 1.58. The van der Waals surface area contributed by atoms with Gasteiger partial charge >= 0.3 is 0 Å². The molecular weight excluding hydrogens is 1160 g/mol. The van der Waals surface area contributed by atoms with Gasteiger partial charge in [-0.25, -0.2) is 15.0 Å². The summed E-state index contributed by atoms with van der Waals surface area (Å²) in [6.45, 7) is 12.1. The van der Waals surface area contributed by atoms with Crippen molar-refractivity contribution in [3.8, 4) is 92.1 Å². The molecule has 11 heterocycles. The zero-order valence-electron chi connectivity index (χ0n) is 52.8. The average molecular weight is 1240 g/mol. The normalized spacial score (nSPS) is 21.9. The van der Waals surface area contributed by atoms with E-state index in [0.29, 0.717) is 80.2 Å². The van der Waals surface area contributed by atoms with E-state index < -0.39 is 0 Å². The minimum Gasteiger partial charge on any atom is -0.486 e. The molecule has 7 aliphatic rings. The number of fused-ring (bicyclic) bond motifs is 13. The van der Waals surface area contributed by atoms with Gasteiger partial charge in [0, 0.05) is 85.6 Å². The molecule has 3 aromatic carbocycles. The van der Waals surface area contributed by atoms with Gasteiger partial charge in [-0.05, 0) is 128 Å². The second-order valence-electron chi connectivity index (χ2n) is 24.5. The van der Waals surface area contributed by atoms with Gasteiger partial charge in [-0.3, -0.25) is 18.9 Å². The van der Waals surface area contributed by atoms with Crippen molar-refractivity contribution in [2.24, 2.45) is 21.1 Å². The van der Waals surface area contributed by atoms with Crippen molar-refractivity contribution in [3.63, 3.8) is 0 Å². The number of benzene rings is 3. The lowest BCUT2D eigenvalue weighted by Gasteiger charge is -2.46. The number of likely N-dealkylation sites (N-methyl/N-ethyl adjacent to an activating group) is 1. The molecule has 468 valence electrons. The molecule has 9 aromatic rings. The number of ether oxygens (including phenoxy) is 7. The summed E-state index contributed by atoms with van der Waals surface area (Å²) in [5.41, 5.74) is 32.4. The number of hydrogen-bond acceptors (Lipinski definition) is 20. The Kier molecular flexibility index (Phi) is 15.6. The Morgan fingerprint density at radius 1 is 0.457 bits per heavy atom. The van der Waals surface area contributed by atoms with Crippen LogP contribution >= 0.6 is 0 Å². The van der Waals surface area contributed by atoms with Crippen LogP contribution in [-0.4, -0.2) is 86.7 Å². The summed E-state index contributed by atoms with van der Waals surface area (Å²) in [6, 6.07) is 31.4. The second-order valence-corrected chi connectivity index (χ2v) is 24.5. The highest BCUT2D eigenvalue weighted by Gasteiger charge is 2.45. The maximum absolute atomic E-state index is 9.83. The van der Waals surface area contributed by atoms with Crippen molar-refractivity contribution in [2.45, 2.75) is 128 Å². The summed E-state index contributed by atoms with van der Waals surface area (Å²) >= 11 is 0. The highest BCUT2D eigenvalue weighted by molar-refractivity contribution is 5.78. The molecule has 0 radical (unpaired) electrons. The molecule has 2 saturated carbocycles. The van der Waals surface area contributed by atoms with E-state index in [1.807, 2.05) is 72.0 Å². The van der Waals surface area contributed by atoms with Gasteiger partial charge in [-0.15, -0.1) is 10.2 Å². The Hall–Kier alpha value is -10.8. The van der Waals surface area contributed by atoms with Crippen LogP contribution in [0.4, 0.5) is 17.5 Å². The maximum atomic E-state index is 9.83. The number of aromatic nitrogens is 9. The van der Waals surface area contributed by atoms with Crippen LogP contribution in [0, 0.1) is 54.8 Å². The first-order chi connectivity index (χ1) is 44.2. The lowest BCUT2D eigenvalue weighted by molar-refractivity contribution is -0.0230. The fourth-order valence-corrected chi connectivity index (χ4v) is 12.6. The molecule has 5 aliphatic heterocycles. The first-order valence-corrected chi connectivity index (χ1v) is 30.6. The Morgan fingerprint density at radius 2 is 0.859 bits per heavy atom. The number of nitriles is 3. The monoisotopic (exact) mass is 1230 g/mol. The molecule has 23 heteroatoms. The molecular formula is C69H70N16O7. The number of nitrogens with zero attached hydrogens (tertiary/aromatic N) is 13. The van der Waals surface area contributed by atoms with Crippen LogP contribution < -0.4 is 50.4 Å². The predicted molar refractivity (Wildman–Crippen MR) is 341 cm³/mol. The Balaban J connectivity index is 0.000000126. The SMILES string of the molecule is Cc1ccc2c(c1)[C@@H](C)Oc1cc(cnc1N)-c1c(nn(C)c1C#N)C1CC(C2)N1C.Cc1ccc2c(c1)[C@@H](C)Oc1cc(cnc1N)-c1c(nn(C)c1C#N)OC1CC1O2.Cc1ccc2c(c1)[C@@H](C)Oc1cc(cnc1N)-c1c(nn(C)c1C#N)OC1CCC1O2. The molecule has 92 heavy (non-hydrogen) atoms. The van der Waals surface area contributed by atoms with Crippen LogP contribution in [0.2, 0.25) is 0 Å². The van der Waals surface area contributed by atoms with Gasteiger partial charge in [0.15, 0.2) is 34.7 Å². The third kappa shape index (κ3) is 11.2. The Labute approximate surface area is 532 Å². The Morgan fingerprint density at radius 3 is 1.34 bits per heavy atom. The van der Waals surface area contributed by atoms with Crippen molar-refractivity contribution >= 4 is 17.5 Å². The summed E-state index contributed by atoms with van der Waals surface area (Å²) in [6.07, 6.45) is 8.01. The van der Waals surface area contributed by atoms with Crippen molar-refractivity contribution in [1.82, 2.24) is 49.2 Å². The summed E-state index contributed by atoms with van der Waals surface area (Å²) in [4.78, 5) is 15.4. The summed E-state index contributed by atoms with van der Waals surface area (Å²) in [5, 5.41) is 42.9. The van der Waals surface area contributed by atoms with E-state index in [1.165, 1.54) is 26.1 Å². The van der Waals surface area contributed by atoms with Crippen LogP contribution in [0.15, 0.2) is 91.4 Å². The minimum atomic E-state index is -0.321. The molecule has 6 unspecified atom stereocenters. The third-order valence-electron chi connectivity index (χ3n) is 18.0. The van der Waals surface area contributed by atoms with Gasteiger partial charge in [0.1, 0.15) is 89.5 Å². The van der Waals surface area contributed by atoms with Gasteiger partial charge in [-0.2, -0.15) is 20.9 Å². The van der Waals surface area contributed by atoms with Crippen molar-refractivity contribution in [2.75, 3.05) is 24.2 Å². The van der Waals surface area contributed by atoms with E-state index in [9.17, 15) is 15.8 Å². The van der Waals surface area contributed by atoms with E-state index in [4.69, 9.17) is 55.5 Å². The van der Waals surface area contributed by atoms with E-state index >= 15 is 0 Å². The molecule has 23 nitrogen and oxygen atoms in total. The van der Waals surface area contributed by atoms with E-state index in [-0.39, 0.29) is 60.4 Å². The molecule has 2 aliphatic carbocycles. The van der Waals surface area contributed by atoms with Crippen LogP contribution in [-0.2, 0) is 27.6 Å². The highest BCUT2D eigenvalue weighted by Crippen LogP contribution is 2.48. The molecule has 16 rings (SSSR count). The molecule has 0 amide bonds. The number of nitrogens with two attached hydrogens (primary N) is 3. The molecule has 6 aromatic heterocycles. The van der Waals surface area contributed by atoms with Gasteiger partial charge in [0.05, 0.1) is 22.9 Å². The highest BCUT2D eigenvalue weighted by atomic mass is 16.6. The van der Waals surface area contributed by atoms with Crippen LogP contribution in [0.1, 0.15) is 133 Å². The summed E-state index contributed by atoms with van der Waals surface area (Å²) in [5.74, 6) is 4.52. The zero-order valence-corrected chi connectivity index (χ0v) is 52.8. The predicted octanol–water partition coefficient (Wildman–Crippen LogP) is 10.7. The standard InChI is InChI=1S/C24H26N6O.C23H23N5O3.C22H21N5O3/c1-13-5-6-15-8-17-10-19(29(17)3)23-22(20(11-25)30(4)28-23)16-9-21(24(26)27-12-16)31-14(2)18(15)7-13;1-12-4-5-17-15(8-12)13(2)29-20-9-14(11-26-22(20)25)21-16(10-24)28(3)27-23(21)31-19-7-6-18(19)30-17;1-11-4-5-16-14(6-11)12(2)28-19-7-13(10-25-21(19)24)20-15(9-23)27(3)26-22(20)30-18-8-17(18)29-16/h5-7,9,12,14,17,19H,8,10H2,1-4H3,(H2,26,27);4-5,8-9,11,13,18-19H,6-7H2,1-3H3,(H2,25,26);4-7,10,12,17-18H,8H2,1-3H3,(H2,24,25)/t14-,17?,19?;13-,18?,19?;12-,17?,18?/m111/s1. The number of aryl methyl sites for hydroxylation is 6. The Bertz CT molecular complexity index is 4470. The third-order valence-corrected chi connectivity index (χ3v) is 18.0. The molecule has 8 bridgehead atoms. The van der Waals surface area contributed by atoms with Crippen molar-refractivity contribution in [1.29, 1.82) is 15.8 Å². The lowest BCUT2D eigenvalue weighted by Crippen LogP contribution is -2.49. The fraction of sp³-hybridized carbons (Fsp3) is 0.348. The fourth-order valence-electron chi connectivity index (χ4n) is 12.6. The van der Waals surface area contributed by atoms with Gasteiger partial charge in [0.2, 0.25) is 11.8 Å². The van der Waals surface area contributed by atoms with Crippen LogP contribution in [0.3, 0.4) is 0 Å². The first-order valence-electron chi connectivity index (χ1n) is 30.6.